The summed E-state index contributed by atoms with van der Waals surface area (Å²) in [7, 11) is 0. The van der Waals surface area contributed by atoms with Crippen LogP contribution in [0.25, 0.3) is 0 Å². The summed E-state index contributed by atoms with van der Waals surface area (Å²) in [6.07, 6.45) is 0.476. The van der Waals surface area contributed by atoms with Crippen molar-refractivity contribution >= 4 is 0 Å². The molecule has 6 nitrogen and oxygen atoms in total. The van der Waals surface area contributed by atoms with E-state index in [9.17, 15) is 0 Å². The summed E-state index contributed by atoms with van der Waals surface area (Å²) >= 11 is 0. The molecule has 0 radical (unpaired) electrons. The van der Waals surface area contributed by atoms with Gasteiger partial charge in [-0.1, -0.05) is 5.16 Å². The van der Waals surface area contributed by atoms with E-state index in [-0.39, 0.29) is 12.2 Å². The summed E-state index contributed by atoms with van der Waals surface area (Å²) in [4.78, 5) is 6.60. The molecule has 1 aromatic rings. The molecule has 1 aliphatic heterocycles. The van der Waals surface area contributed by atoms with Gasteiger partial charge < -0.3 is 15.0 Å². The van der Waals surface area contributed by atoms with Gasteiger partial charge in [0.25, 0.3) is 0 Å². The van der Waals surface area contributed by atoms with Crippen LogP contribution in [-0.4, -0.2) is 40.3 Å². The van der Waals surface area contributed by atoms with Gasteiger partial charge in [0.2, 0.25) is 5.89 Å². The zero-order chi connectivity index (χ0) is 13.3. The third-order valence-corrected chi connectivity index (χ3v) is 2.90. The molecular weight excluding hydrogens is 232 g/mol. The second kappa shape index (κ2) is 4.95. The highest BCUT2D eigenvalue weighted by atomic mass is 16.5. The van der Waals surface area contributed by atoms with Crippen LogP contribution in [0.15, 0.2) is 4.52 Å². The van der Waals surface area contributed by atoms with Gasteiger partial charge >= 0.3 is 0 Å². The average Bonchev–Trinajstić information content (AvgIpc) is 2.63. The fourth-order valence-electron chi connectivity index (χ4n) is 2.19. The van der Waals surface area contributed by atoms with E-state index in [0.29, 0.717) is 18.3 Å². The molecule has 18 heavy (non-hydrogen) atoms. The maximum Gasteiger partial charge on any atom is 0.240 e. The minimum Gasteiger partial charge on any atom is -0.373 e. The highest BCUT2D eigenvalue weighted by Gasteiger charge is 2.25. The molecule has 0 aromatic carbocycles. The summed E-state index contributed by atoms with van der Waals surface area (Å²) < 4.78 is 10.9. The quantitative estimate of drug-likeness (QED) is 0.862. The van der Waals surface area contributed by atoms with Crippen LogP contribution in [0.3, 0.4) is 0 Å². The van der Waals surface area contributed by atoms with Crippen molar-refractivity contribution in [2.24, 2.45) is 5.73 Å². The minimum absolute atomic E-state index is 0.238. The fraction of sp³-hybridized carbons (Fsp3) is 0.833. The van der Waals surface area contributed by atoms with E-state index in [1.807, 2.05) is 13.8 Å². The van der Waals surface area contributed by atoms with Crippen molar-refractivity contribution in [1.29, 1.82) is 0 Å². The Balaban J connectivity index is 1.99. The van der Waals surface area contributed by atoms with E-state index >= 15 is 0 Å². The van der Waals surface area contributed by atoms with Gasteiger partial charge in [-0.2, -0.15) is 4.98 Å². The third-order valence-electron chi connectivity index (χ3n) is 2.90. The number of nitrogens with zero attached hydrogens (tertiary/aromatic N) is 3. The average molecular weight is 254 g/mol. The van der Waals surface area contributed by atoms with Crippen LogP contribution in [0.1, 0.15) is 39.4 Å². The van der Waals surface area contributed by atoms with Gasteiger partial charge in [0.1, 0.15) is 0 Å². The Labute approximate surface area is 107 Å². The molecule has 0 aliphatic carbocycles. The Morgan fingerprint density at radius 3 is 2.44 bits per heavy atom. The second-order valence-electron chi connectivity index (χ2n) is 5.68. The number of aromatic nitrogens is 2. The standard InChI is InChI=1S/C12H22N4O2/c1-8-5-16(6-9(2)17-8)7-10-14-11(15-18-10)12(3,4)13/h8-9H,5-7,13H2,1-4H3. The van der Waals surface area contributed by atoms with E-state index in [2.05, 4.69) is 28.9 Å². The van der Waals surface area contributed by atoms with E-state index < -0.39 is 5.54 Å². The van der Waals surface area contributed by atoms with Crippen molar-refractivity contribution in [3.05, 3.63) is 11.7 Å². The third kappa shape index (κ3) is 3.28. The Morgan fingerprint density at radius 1 is 1.33 bits per heavy atom. The van der Waals surface area contributed by atoms with Gasteiger partial charge in [0, 0.05) is 13.1 Å². The van der Waals surface area contributed by atoms with Crippen LogP contribution in [-0.2, 0) is 16.8 Å². The lowest BCUT2D eigenvalue weighted by atomic mass is 10.1. The van der Waals surface area contributed by atoms with Gasteiger partial charge in [0.05, 0.1) is 24.3 Å². The van der Waals surface area contributed by atoms with Gasteiger partial charge in [0.15, 0.2) is 5.82 Å². The first-order chi connectivity index (χ1) is 8.34. The van der Waals surface area contributed by atoms with E-state index in [0.717, 1.165) is 13.1 Å². The predicted octanol–water partition coefficient (Wildman–Crippen LogP) is 0.873. The molecule has 2 heterocycles. The monoisotopic (exact) mass is 254 g/mol. The Morgan fingerprint density at radius 2 is 1.94 bits per heavy atom. The van der Waals surface area contributed by atoms with Crippen molar-refractivity contribution < 1.29 is 9.26 Å². The van der Waals surface area contributed by atoms with Crippen LogP contribution in [0.4, 0.5) is 0 Å². The fourth-order valence-corrected chi connectivity index (χ4v) is 2.19. The Kier molecular flexibility index (Phi) is 3.70. The summed E-state index contributed by atoms with van der Waals surface area (Å²) in [5, 5.41) is 3.92. The zero-order valence-corrected chi connectivity index (χ0v) is 11.5. The number of morpholine rings is 1. The molecule has 2 atom stereocenters. The number of hydrogen-bond donors (Lipinski definition) is 1. The summed E-state index contributed by atoms with van der Waals surface area (Å²) in [5.41, 5.74) is 5.37. The topological polar surface area (TPSA) is 77.4 Å². The number of ether oxygens (including phenoxy) is 1. The van der Waals surface area contributed by atoms with Crippen LogP contribution in [0.2, 0.25) is 0 Å². The number of nitrogens with two attached hydrogens (primary N) is 1. The van der Waals surface area contributed by atoms with Gasteiger partial charge in [-0.3, -0.25) is 4.90 Å². The van der Waals surface area contributed by atoms with Crippen molar-refractivity contribution in [3.63, 3.8) is 0 Å². The molecule has 1 aliphatic rings. The van der Waals surface area contributed by atoms with Crippen molar-refractivity contribution in [2.45, 2.75) is 52.0 Å². The Hall–Kier alpha value is -0.980. The molecule has 0 amide bonds. The van der Waals surface area contributed by atoms with E-state index in [4.69, 9.17) is 15.0 Å². The Bertz CT molecular complexity index is 389. The molecule has 2 unspecified atom stereocenters. The normalized spacial score (nSPS) is 26.5. The lowest BCUT2D eigenvalue weighted by molar-refractivity contribution is -0.0725. The lowest BCUT2D eigenvalue weighted by Crippen LogP contribution is -2.44. The van der Waals surface area contributed by atoms with Crippen molar-refractivity contribution in [2.75, 3.05) is 13.1 Å². The van der Waals surface area contributed by atoms with Crippen LogP contribution < -0.4 is 5.73 Å². The molecule has 6 heteroatoms. The van der Waals surface area contributed by atoms with Gasteiger partial charge in [-0.25, -0.2) is 0 Å². The number of hydrogen-bond acceptors (Lipinski definition) is 6. The second-order valence-corrected chi connectivity index (χ2v) is 5.68. The maximum atomic E-state index is 5.93. The molecule has 2 N–H and O–H groups in total. The van der Waals surface area contributed by atoms with E-state index in [1.54, 1.807) is 0 Å². The lowest BCUT2D eigenvalue weighted by Gasteiger charge is -2.34. The predicted molar refractivity (Wildman–Crippen MR) is 66.8 cm³/mol. The first-order valence-corrected chi connectivity index (χ1v) is 6.34. The first kappa shape index (κ1) is 13.5. The van der Waals surface area contributed by atoms with Crippen molar-refractivity contribution in [1.82, 2.24) is 15.0 Å². The SMILES string of the molecule is CC1CN(Cc2nc(C(C)(C)N)no2)CC(C)O1. The van der Waals surface area contributed by atoms with E-state index in [1.165, 1.54) is 0 Å². The molecular formula is C12H22N4O2. The maximum absolute atomic E-state index is 5.93. The molecule has 0 saturated carbocycles. The largest absolute Gasteiger partial charge is 0.373 e. The molecule has 0 bridgehead atoms. The van der Waals surface area contributed by atoms with Gasteiger partial charge in [-0.15, -0.1) is 0 Å². The summed E-state index contributed by atoms with van der Waals surface area (Å²) in [5.74, 6) is 1.16. The molecule has 2 rings (SSSR count). The van der Waals surface area contributed by atoms with Gasteiger partial charge in [-0.05, 0) is 27.7 Å². The molecule has 1 saturated heterocycles. The smallest absolute Gasteiger partial charge is 0.240 e. The minimum atomic E-state index is -0.562. The van der Waals surface area contributed by atoms with Crippen LogP contribution in [0.5, 0.6) is 0 Å². The molecule has 102 valence electrons. The molecule has 0 spiro atoms. The zero-order valence-electron chi connectivity index (χ0n) is 11.5. The van der Waals surface area contributed by atoms with Crippen LogP contribution >= 0.6 is 0 Å². The van der Waals surface area contributed by atoms with Crippen LogP contribution in [0, 0.1) is 0 Å². The molecule has 1 aromatic heterocycles. The first-order valence-electron chi connectivity index (χ1n) is 6.34. The summed E-state index contributed by atoms with van der Waals surface area (Å²) in [6.45, 7) is 10.3. The number of rotatable bonds is 3. The van der Waals surface area contributed by atoms with Crippen molar-refractivity contribution in [3.8, 4) is 0 Å². The highest BCUT2D eigenvalue weighted by Crippen LogP contribution is 2.16. The highest BCUT2D eigenvalue weighted by molar-refractivity contribution is 4.99. The summed E-state index contributed by atoms with van der Waals surface area (Å²) in [6, 6.07) is 0. The molecule has 1 fully saturated rings.